The molecule has 0 bridgehead atoms. The van der Waals surface area contributed by atoms with E-state index >= 15 is 0 Å². The summed E-state index contributed by atoms with van der Waals surface area (Å²) in [6.45, 7) is 17.5. The van der Waals surface area contributed by atoms with Crippen LogP contribution in [-0.2, 0) is 219 Å². The van der Waals surface area contributed by atoms with E-state index in [1.54, 1.807) is 0 Å². The Kier molecular flexibility index (Phi) is 69.6. The predicted octanol–water partition coefficient (Wildman–Crippen LogP) is 1.28. The summed E-state index contributed by atoms with van der Waals surface area (Å²) in [4.78, 5) is 293. The molecule has 0 saturated carbocycles. The fourth-order valence-electron chi connectivity index (χ4n) is 9.99. The van der Waals surface area contributed by atoms with E-state index in [2.05, 4.69) is 65.8 Å². The first kappa shape index (κ1) is 135. The zero-order valence-corrected chi connectivity index (χ0v) is 80.0. The van der Waals surface area contributed by atoms with Crippen LogP contribution in [0.5, 0.6) is 0 Å². The number of aliphatic hydroxyl groups excluding tert-OH is 1. The van der Waals surface area contributed by atoms with E-state index in [1.165, 1.54) is 0 Å². The van der Waals surface area contributed by atoms with Gasteiger partial charge in [0.2, 0.25) is 0 Å². The van der Waals surface area contributed by atoms with E-state index in [4.69, 9.17) is 140 Å². The highest BCUT2D eigenvalue weighted by atomic mass is 16.6. The first-order chi connectivity index (χ1) is 69.1. The van der Waals surface area contributed by atoms with Gasteiger partial charge in [-0.25, -0.2) is 47.9 Å². The lowest BCUT2D eigenvalue weighted by atomic mass is 9.90. The van der Waals surface area contributed by atoms with Gasteiger partial charge in [0.1, 0.15) is 112 Å². The van der Waals surface area contributed by atoms with Gasteiger partial charge in [0.25, 0.3) is 0 Å². The van der Waals surface area contributed by atoms with E-state index in [1.807, 2.05) is 0 Å². The molecule has 0 aromatic rings. The van der Waals surface area contributed by atoms with Crippen LogP contribution in [0.3, 0.4) is 0 Å². The number of carbonyl (C=O) groups excluding carboxylic acids is 17. The molecule has 0 saturated heterocycles. The molecule has 1 unspecified atom stereocenters. The van der Waals surface area contributed by atoms with E-state index in [0.29, 0.717) is 0 Å². The summed E-state index contributed by atoms with van der Waals surface area (Å²) in [5.74, 6) is -26.7. The lowest BCUT2D eigenvalue weighted by molar-refractivity contribution is -0.185. The summed E-state index contributed by atoms with van der Waals surface area (Å²) in [6, 6.07) is 0. The number of esters is 17. The Balaban J connectivity index is -0.00000212. The summed E-state index contributed by atoms with van der Waals surface area (Å²) in [5.41, 5.74) is -10.2. The quantitative estimate of drug-likeness (QED) is 0.0179. The molecule has 0 heterocycles. The van der Waals surface area contributed by atoms with Crippen LogP contribution in [0.15, 0.2) is 127 Å². The molecule has 0 aliphatic heterocycles. The molecular weight excluding hydrogens is 1980 g/mol. The average Bonchev–Trinajstić information content (AvgIpc) is 0.788. The highest BCUT2D eigenvalue weighted by Gasteiger charge is 2.46. The van der Waals surface area contributed by atoms with Gasteiger partial charge in [0.05, 0.1) is 175 Å². The van der Waals surface area contributed by atoms with Crippen molar-refractivity contribution in [1.29, 1.82) is 0 Å². The van der Waals surface area contributed by atoms with Crippen molar-refractivity contribution in [1.82, 2.24) is 0 Å². The van der Waals surface area contributed by atoms with Crippen LogP contribution in [0.2, 0.25) is 0 Å². The number of hydrogen-bond acceptors (Lipinski definition) is 47. The molecule has 0 spiro atoms. The predicted molar refractivity (Wildman–Crippen MR) is 482 cm³/mol. The van der Waals surface area contributed by atoms with Crippen LogP contribution in [0, 0.1) is 32.5 Å². The SMILES string of the molecule is C=CC(=O)OCC(COCC(COC(=O)C=C)(COC(=O)C=C)COC(=O)CCC(=O)O)(COC(=O)C=C)COC(=O)CCC(=O)O.C=CC(=O)OCC(COCC(COC(=O)C=C)(COC(=O)C=C)COC(O)CCC(=O)O)(COC(=O)CCC(=O)O)COC(=O)CCC(=O)O.C=CC(=O)OCC(COCC(COC(=O)CCC(=O)O)(COC(=O)CCC(=O)O)COC(=O)CCC(=O)O)(COC(=O)C=C)COC(=O)C=C. The van der Waals surface area contributed by atoms with Gasteiger partial charge in [-0.2, -0.15) is 0 Å². The van der Waals surface area contributed by atoms with Crippen molar-refractivity contribution in [3.05, 3.63) is 127 Å². The van der Waals surface area contributed by atoms with Crippen molar-refractivity contribution in [3.8, 4) is 0 Å². The van der Waals surface area contributed by atoms with Crippen LogP contribution in [0.1, 0.15) is 103 Å². The van der Waals surface area contributed by atoms with Gasteiger partial charge < -0.3 is 145 Å². The fraction of sp³-hybridized carbons (Fsp3) is 0.511. The van der Waals surface area contributed by atoms with Crippen LogP contribution < -0.4 is 0 Å². The molecule has 55 nitrogen and oxygen atoms in total. The number of aliphatic hydroxyl groups is 1. The molecule has 1 atom stereocenters. The molecule has 0 aromatic heterocycles. The minimum absolute atomic E-state index is 0.358. The molecule has 818 valence electrons. The minimum Gasteiger partial charge on any atom is -0.481 e. The average molecular weight is 2110 g/mol. The topological polar surface area (TPSA) is 803 Å². The smallest absolute Gasteiger partial charge is 0.330 e. The summed E-state index contributed by atoms with van der Waals surface area (Å²) in [7, 11) is 0. The van der Waals surface area contributed by atoms with Crippen molar-refractivity contribution in [3.63, 3.8) is 0 Å². The van der Waals surface area contributed by atoms with Crippen LogP contribution in [0.4, 0.5) is 0 Å². The first-order valence-corrected chi connectivity index (χ1v) is 43.0. The Morgan fingerprint density at radius 3 is 0.401 bits per heavy atom. The van der Waals surface area contributed by atoms with Gasteiger partial charge in [-0.3, -0.25) is 71.9 Å². The summed E-state index contributed by atoms with van der Waals surface area (Å²) in [5, 5.41) is 81.3. The number of hydrogen-bond donors (Lipinski definition) is 9. The highest BCUT2D eigenvalue weighted by molar-refractivity contribution is 5.87. The monoisotopic (exact) mass is 2100 g/mol. The van der Waals surface area contributed by atoms with E-state index in [9.17, 15) is 125 Å². The van der Waals surface area contributed by atoms with Gasteiger partial charge in [0, 0.05) is 67.2 Å². The molecule has 0 aliphatic rings. The minimum atomic E-state index is -1.82. The van der Waals surface area contributed by atoms with Gasteiger partial charge in [-0.1, -0.05) is 65.8 Å². The fourth-order valence-corrected chi connectivity index (χ4v) is 9.99. The zero-order chi connectivity index (χ0) is 112. The largest absolute Gasteiger partial charge is 0.481 e. The standard InChI is InChI=1S/C31H42O19.C31H40O19.C30H38O17/c1-4-24(38)45-15-30(16-46-25(39)5-2,18-48-27(41)10-7-21(32)33)13-44-14-31(17-47-26(40)6-3,19-49-28(42)11-8-22(34)35)20-50-29(43)12-9-23(36)37;1-4-24(38)45-15-30(16-46-25(39)5-2,17-47-26(40)6-3)13-44-14-31(18-48-27(41)10-7-21(32)33,19-49-28(42)11-8-22(34)35)20-50-29(43)12-9-23(36)37;1-5-23(35)42-15-29(16-43-24(36)6-2,19-46-27(39)11-9-21(31)32)13-41-14-30(17-44-25(37)7-3,18-45-26(38)8-4)20-47-28(40)12-10-22(33)34/h4-6,27,41H,1-3,7-20H2,(H,32,33)(H,34,35)(H,36,37);4-6H,1-3,7-20H2,(H,32,33)(H,34,35)(H,36,37);5-8H,1-4,9-20H2,(H,31,32)(H,33,34). The molecule has 0 amide bonds. The molecule has 147 heavy (non-hydrogen) atoms. The number of carboxylic acids is 8. The summed E-state index contributed by atoms with van der Waals surface area (Å²) >= 11 is 0. The highest BCUT2D eigenvalue weighted by Crippen LogP contribution is 2.32. The Morgan fingerprint density at radius 1 is 0.170 bits per heavy atom. The molecular formula is C92H120O55. The van der Waals surface area contributed by atoms with Crippen molar-refractivity contribution >= 4 is 149 Å². The number of aliphatic carboxylic acids is 8. The Hall–Kier alpha value is -16.0. The van der Waals surface area contributed by atoms with Crippen molar-refractivity contribution < 1.29 is 265 Å². The summed E-state index contributed by atoms with van der Waals surface area (Å²) in [6.07, 6.45) is -2.40. The number of carbonyl (C=O) groups is 25. The molecule has 0 radical (unpaired) electrons. The number of rotatable bonds is 83. The summed E-state index contributed by atoms with van der Waals surface area (Å²) < 4.78 is 111. The van der Waals surface area contributed by atoms with Gasteiger partial charge in [-0.05, 0) is 0 Å². The lowest BCUT2D eigenvalue weighted by Crippen LogP contribution is -2.47. The molecule has 9 N–H and O–H groups in total. The van der Waals surface area contributed by atoms with E-state index in [-0.39, 0.29) is 6.42 Å². The van der Waals surface area contributed by atoms with Crippen molar-refractivity contribution in [2.45, 2.75) is 109 Å². The van der Waals surface area contributed by atoms with Crippen LogP contribution >= 0.6 is 0 Å². The second kappa shape index (κ2) is 75.7. The third kappa shape index (κ3) is 68.7. The maximum absolute atomic E-state index is 12.3. The second-order valence-electron chi connectivity index (χ2n) is 31.2. The molecule has 55 heteroatoms. The number of carboxylic acid groups (broad SMARTS) is 8. The molecule has 0 aromatic carbocycles. The van der Waals surface area contributed by atoms with Gasteiger partial charge in [-0.15, -0.1) is 0 Å². The zero-order valence-electron chi connectivity index (χ0n) is 80.0. The Bertz CT molecular complexity index is 4220. The third-order valence-electron chi connectivity index (χ3n) is 18.1. The first-order valence-electron chi connectivity index (χ1n) is 43.0. The molecule has 0 aliphatic carbocycles. The molecule has 0 rings (SSSR count). The third-order valence-corrected chi connectivity index (χ3v) is 18.1. The number of ether oxygens (including phenoxy) is 21. The van der Waals surface area contributed by atoms with Gasteiger partial charge in [0.15, 0.2) is 6.29 Å². The molecule has 0 fully saturated rings. The van der Waals surface area contributed by atoms with Crippen molar-refractivity contribution in [2.24, 2.45) is 32.5 Å². The van der Waals surface area contributed by atoms with E-state index in [0.717, 1.165) is 60.8 Å². The van der Waals surface area contributed by atoms with E-state index < -0.39 is 443 Å². The maximum atomic E-state index is 12.3. The van der Waals surface area contributed by atoms with Crippen molar-refractivity contribution in [2.75, 3.05) is 159 Å². The Morgan fingerprint density at radius 2 is 0.286 bits per heavy atom. The van der Waals surface area contributed by atoms with Crippen LogP contribution in [-0.4, -0.2) is 360 Å². The normalized spacial score (nSPS) is 11.1. The lowest BCUT2D eigenvalue weighted by Gasteiger charge is -2.36. The Labute approximate surface area is 838 Å². The maximum Gasteiger partial charge on any atom is 0.330 e. The second-order valence-corrected chi connectivity index (χ2v) is 31.2. The van der Waals surface area contributed by atoms with Crippen LogP contribution in [0.25, 0.3) is 0 Å². The van der Waals surface area contributed by atoms with Gasteiger partial charge >= 0.3 is 149 Å².